The van der Waals surface area contributed by atoms with E-state index < -0.39 is 0 Å². The van der Waals surface area contributed by atoms with E-state index in [1.54, 1.807) is 0 Å². The van der Waals surface area contributed by atoms with Gasteiger partial charge in [-0.3, -0.25) is 5.32 Å². The molecule has 0 saturated carbocycles. The normalized spacial score (nSPS) is 12.3. The summed E-state index contributed by atoms with van der Waals surface area (Å²) in [5, 5.41) is 4.51. The molecule has 0 aromatic heterocycles. The highest BCUT2D eigenvalue weighted by atomic mass is 35.5. The molecule has 0 amide bonds. The minimum atomic E-state index is 0.156. The quantitative estimate of drug-likeness (QED) is 0.628. The lowest BCUT2D eigenvalue weighted by molar-refractivity contribution is 0.516. The van der Waals surface area contributed by atoms with Gasteiger partial charge < -0.3 is 0 Å². The van der Waals surface area contributed by atoms with Gasteiger partial charge in [-0.15, -0.1) is 0 Å². The fourth-order valence-electron chi connectivity index (χ4n) is 2.77. The molecule has 0 aliphatic heterocycles. The first-order chi connectivity index (χ1) is 11.2. The maximum Gasteiger partial charge on any atom is 0.0581 e. The summed E-state index contributed by atoms with van der Waals surface area (Å²) in [5.41, 5.74) is 3.75. The molecule has 116 valence electrons. The smallest absolute Gasteiger partial charge is 0.0581 e. The highest BCUT2D eigenvalue weighted by Gasteiger charge is 2.17. The molecule has 0 unspecified atom stereocenters. The first-order valence-electron chi connectivity index (χ1n) is 7.85. The van der Waals surface area contributed by atoms with Gasteiger partial charge in [0, 0.05) is 11.1 Å². The van der Waals surface area contributed by atoms with Crippen molar-refractivity contribution in [2.24, 2.45) is 0 Å². The molecule has 0 radical (unpaired) electrons. The van der Waals surface area contributed by atoms with Gasteiger partial charge in [0.05, 0.1) is 6.04 Å². The number of hydrogen-bond donors (Lipinski definition) is 1. The van der Waals surface area contributed by atoms with E-state index in [2.05, 4.69) is 72.9 Å². The van der Waals surface area contributed by atoms with Gasteiger partial charge in [0.1, 0.15) is 0 Å². The van der Waals surface area contributed by atoms with Crippen molar-refractivity contribution >= 4 is 11.6 Å². The second kappa shape index (κ2) is 7.45. The van der Waals surface area contributed by atoms with Crippen molar-refractivity contribution in [2.75, 3.05) is 0 Å². The lowest BCUT2D eigenvalue weighted by atomic mass is 9.97. The van der Waals surface area contributed by atoms with Crippen molar-refractivity contribution in [1.29, 1.82) is 0 Å². The van der Waals surface area contributed by atoms with E-state index >= 15 is 0 Å². The molecule has 0 aliphatic carbocycles. The molecule has 0 fully saturated rings. The molecule has 2 heteroatoms. The molecule has 1 N–H and O–H groups in total. The highest BCUT2D eigenvalue weighted by molar-refractivity contribution is 6.30. The molecule has 23 heavy (non-hydrogen) atoms. The molecule has 0 aliphatic rings. The van der Waals surface area contributed by atoms with Crippen LogP contribution in [0.25, 0.3) is 0 Å². The number of rotatable bonds is 5. The van der Waals surface area contributed by atoms with Gasteiger partial charge >= 0.3 is 0 Å². The Hall–Kier alpha value is -2.09. The first-order valence-corrected chi connectivity index (χ1v) is 8.23. The summed E-state index contributed by atoms with van der Waals surface area (Å²) in [4.78, 5) is 0. The minimum absolute atomic E-state index is 0.156. The molecule has 0 bridgehead atoms. The van der Waals surface area contributed by atoms with Crippen LogP contribution in [0.4, 0.5) is 0 Å². The number of halogens is 1. The molecular formula is C21H20ClN. The molecular weight excluding hydrogens is 302 g/mol. The van der Waals surface area contributed by atoms with Crippen LogP contribution >= 0.6 is 11.6 Å². The predicted molar refractivity (Wildman–Crippen MR) is 97.7 cm³/mol. The molecule has 0 spiro atoms. The Morgan fingerprint density at radius 2 is 1.13 bits per heavy atom. The Morgan fingerprint density at radius 1 is 0.652 bits per heavy atom. The minimum Gasteiger partial charge on any atom is -0.300 e. The standard InChI is InChI=1S/C21H20ClN/c1-16(17-12-14-20(22)15-13-17)23-21(18-8-4-2-5-9-18)19-10-6-3-7-11-19/h2-16,21,23H,1H3/t16-/m1/s1. The summed E-state index contributed by atoms with van der Waals surface area (Å²) in [7, 11) is 0. The maximum absolute atomic E-state index is 5.99. The van der Waals surface area contributed by atoms with E-state index in [4.69, 9.17) is 11.6 Å². The average molecular weight is 322 g/mol. The first kappa shape index (κ1) is 15.8. The van der Waals surface area contributed by atoms with Gasteiger partial charge in [-0.2, -0.15) is 0 Å². The van der Waals surface area contributed by atoms with Gasteiger partial charge in [-0.25, -0.2) is 0 Å². The van der Waals surface area contributed by atoms with Crippen LogP contribution in [0.15, 0.2) is 84.9 Å². The topological polar surface area (TPSA) is 12.0 Å². The van der Waals surface area contributed by atoms with Crippen molar-refractivity contribution < 1.29 is 0 Å². The van der Waals surface area contributed by atoms with Crippen molar-refractivity contribution in [3.63, 3.8) is 0 Å². The van der Waals surface area contributed by atoms with E-state index in [9.17, 15) is 0 Å². The van der Waals surface area contributed by atoms with Gasteiger partial charge in [0.15, 0.2) is 0 Å². The summed E-state index contributed by atoms with van der Waals surface area (Å²) in [6.07, 6.45) is 0. The largest absolute Gasteiger partial charge is 0.300 e. The Labute approximate surface area is 142 Å². The van der Waals surface area contributed by atoms with Crippen LogP contribution in [0.3, 0.4) is 0 Å². The van der Waals surface area contributed by atoms with Crippen molar-refractivity contribution in [2.45, 2.75) is 19.0 Å². The van der Waals surface area contributed by atoms with E-state index in [-0.39, 0.29) is 12.1 Å². The maximum atomic E-state index is 5.99. The fourth-order valence-corrected chi connectivity index (χ4v) is 2.90. The second-order valence-corrected chi connectivity index (χ2v) is 6.13. The van der Waals surface area contributed by atoms with Gasteiger partial charge in [-0.05, 0) is 35.7 Å². The Balaban J connectivity index is 1.88. The lowest BCUT2D eigenvalue weighted by Gasteiger charge is -2.25. The van der Waals surface area contributed by atoms with Crippen LogP contribution in [0.2, 0.25) is 5.02 Å². The number of nitrogens with one attached hydrogen (secondary N) is 1. The third kappa shape index (κ3) is 4.01. The van der Waals surface area contributed by atoms with Gasteiger partial charge in [0.25, 0.3) is 0 Å². The molecule has 3 aromatic carbocycles. The average Bonchev–Trinajstić information content (AvgIpc) is 2.61. The van der Waals surface area contributed by atoms with Crippen LogP contribution in [0.5, 0.6) is 0 Å². The lowest BCUT2D eigenvalue weighted by Crippen LogP contribution is -2.25. The van der Waals surface area contributed by atoms with Crippen molar-refractivity contribution in [3.8, 4) is 0 Å². The van der Waals surface area contributed by atoms with E-state index in [0.717, 1.165) is 5.02 Å². The third-order valence-corrected chi connectivity index (χ3v) is 4.30. The summed E-state index contributed by atoms with van der Waals surface area (Å²) < 4.78 is 0. The Kier molecular flexibility index (Phi) is 5.12. The fraction of sp³-hybridized carbons (Fsp3) is 0.143. The van der Waals surface area contributed by atoms with E-state index in [0.29, 0.717) is 0 Å². The summed E-state index contributed by atoms with van der Waals surface area (Å²) in [6.45, 7) is 2.18. The van der Waals surface area contributed by atoms with Gasteiger partial charge in [0.2, 0.25) is 0 Å². The Bertz CT molecular complexity index is 683. The van der Waals surface area contributed by atoms with Crippen LogP contribution < -0.4 is 5.32 Å². The third-order valence-electron chi connectivity index (χ3n) is 4.05. The molecule has 3 rings (SSSR count). The van der Waals surface area contributed by atoms with E-state index in [1.807, 2.05) is 24.3 Å². The van der Waals surface area contributed by atoms with Crippen LogP contribution in [0.1, 0.15) is 35.7 Å². The number of hydrogen-bond acceptors (Lipinski definition) is 1. The molecule has 1 atom stereocenters. The van der Waals surface area contributed by atoms with Crippen LogP contribution in [-0.2, 0) is 0 Å². The zero-order valence-electron chi connectivity index (χ0n) is 13.1. The monoisotopic (exact) mass is 321 g/mol. The van der Waals surface area contributed by atoms with Crippen LogP contribution in [-0.4, -0.2) is 0 Å². The highest BCUT2D eigenvalue weighted by Crippen LogP contribution is 2.26. The predicted octanol–water partition coefficient (Wildman–Crippen LogP) is 5.78. The second-order valence-electron chi connectivity index (χ2n) is 5.69. The van der Waals surface area contributed by atoms with Crippen LogP contribution in [0, 0.1) is 0 Å². The molecule has 0 saturated heterocycles. The summed E-state index contributed by atoms with van der Waals surface area (Å²) >= 11 is 5.99. The summed E-state index contributed by atoms with van der Waals surface area (Å²) in [6, 6.07) is 29.5. The van der Waals surface area contributed by atoms with Crippen molar-refractivity contribution in [3.05, 3.63) is 107 Å². The zero-order chi connectivity index (χ0) is 16.1. The summed E-state index contributed by atoms with van der Waals surface area (Å²) in [5.74, 6) is 0. The van der Waals surface area contributed by atoms with Crippen molar-refractivity contribution in [1.82, 2.24) is 5.32 Å². The van der Waals surface area contributed by atoms with Gasteiger partial charge in [-0.1, -0.05) is 84.4 Å². The molecule has 0 heterocycles. The molecule has 3 aromatic rings. The number of benzene rings is 3. The SMILES string of the molecule is C[C@@H](NC(c1ccccc1)c1ccccc1)c1ccc(Cl)cc1. The van der Waals surface area contributed by atoms with E-state index in [1.165, 1.54) is 16.7 Å². The zero-order valence-corrected chi connectivity index (χ0v) is 13.9. The molecule has 1 nitrogen and oxygen atoms in total. The Morgan fingerprint density at radius 3 is 1.61 bits per heavy atom.